The summed E-state index contributed by atoms with van der Waals surface area (Å²) in [4.78, 5) is 4.17. The van der Waals surface area contributed by atoms with Crippen LogP contribution in [0.25, 0.3) is 0 Å². The summed E-state index contributed by atoms with van der Waals surface area (Å²) >= 11 is 0. The van der Waals surface area contributed by atoms with Gasteiger partial charge in [-0.15, -0.1) is 0 Å². The molecule has 0 aliphatic carbocycles. The van der Waals surface area contributed by atoms with Crippen LogP contribution in [0.5, 0.6) is 5.75 Å². The third-order valence-electron chi connectivity index (χ3n) is 1.88. The fraction of sp³-hybridized carbons (Fsp3) is 0.333. The van der Waals surface area contributed by atoms with E-state index in [-0.39, 0.29) is 39.3 Å². The van der Waals surface area contributed by atoms with E-state index in [9.17, 15) is 5.11 Å². The summed E-state index contributed by atoms with van der Waals surface area (Å²) in [6.45, 7) is 3.63. The standard InChI is InChI=1S/C11H15NO2.CH3.Zn/c1-11(2,8-13)12-7-9-5-3-4-6-10(9)14;;/h3-7,13-14H,8H2,1-2H3;1H3;/q;-1;. The van der Waals surface area contributed by atoms with Gasteiger partial charge in [-0.05, 0) is 26.0 Å². The smallest absolute Gasteiger partial charge is 0.124 e. The number of aromatic hydroxyl groups is 1. The SMILES string of the molecule is CC(C)(CO)N=Cc1ccccc1O.[CH3-].[Zn]. The van der Waals surface area contributed by atoms with Gasteiger partial charge in [0.2, 0.25) is 0 Å². The maximum Gasteiger partial charge on any atom is 0.124 e. The molecule has 2 N–H and O–H groups in total. The summed E-state index contributed by atoms with van der Waals surface area (Å²) in [5, 5.41) is 18.4. The van der Waals surface area contributed by atoms with Gasteiger partial charge in [-0.1, -0.05) is 12.1 Å². The molecular weight excluding hydrogens is 256 g/mol. The van der Waals surface area contributed by atoms with Gasteiger partial charge in [0.25, 0.3) is 0 Å². The van der Waals surface area contributed by atoms with E-state index in [0.717, 1.165) is 0 Å². The third-order valence-corrected chi connectivity index (χ3v) is 1.88. The first kappa shape index (κ1) is 17.7. The Morgan fingerprint density at radius 1 is 1.31 bits per heavy atom. The molecular formula is C12H18NO2Zn-. The van der Waals surface area contributed by atoms with Crippen molar-refractivity contribution in [3.8, 4) is 5.75 Å². The molecule has 1 aromatic rings. The van der Waals surface area contributed by atoms with Crippen LogP contribution in [0.1, 0.15) is 19.4 Å². The van der Waals surface area contributed by atoms with Crippen LogP contribution in [-0.4, -0.2) is 28.6 Å². The molecule has 0 saturated heterocycles. The van der Waals surface area contributed by atoms with E-state index in [0.29, 0.717) is 5.56 Å². The largest absolute Gasteiger partial charge is 0.507 e. The van der Waals surface area contributed by atoms with Gasteiger partial charge in [-0.25, -0.2) is 0 Å². The second kappa shape index (κ2) is 7.53. The number of hydrogen-bond acceptors (Lipinski definition) is 3. The number of hydrogen-bond donors (Lipinski definition) is 2. The van der Waals surface area contributed by atoms with Crippen LogP contribution in [0, 0.1) is 7.43 Å². The van der Waals surface area contributed by atoms with Gasteiger partial charge >= 0.3 is 0 Å². The summed E-state index contributed by atoms with van der Waals surface area (Å²) in [5.74, 6) is 0.199. The van der Waals surface area contributed by atoms with Crippen LogP contribution < -0.4 is 0 Å². The Morgan fingerprint density at radius 2 is 1.88 bits per heavy atom. The van der Waals surface area contributed by atoms with Crippen LogP contribution >= 0.6 is 0 Å². The van der Waals surface area contributed by atoms with E-state index in [1.54, 1.807) is 24.4 Å². The number of aliphatic hydroxyl groups is 1. The van der Waals surface area contributed by atoms with Gasteiger partial charge in [0, 0.05) is 31.3 Å². The van der Waals surface area contributed by atoms with E-state index < -0.39 is 5.54 Å². The molecule has 0 fully saturated rings. The zero-order valence-corrected chi connectivity index (χ0v) is 13.1. The average molecular weight is 274 g/mol. The van der Waals surface area contributed by atoms with E-state index in [4.69, 9.17) is 5.11 Å². The zero-order valence-electron chi connectivity index (χ0n) is 10.1. The molecule has 3 nitrogen and oxygen atoms in total. The van der Waals surface area contributed by atoms with E-state index in [1.807, 2.05) is 19.9 Å². The number of phenolic OH excluding ortho intramolecular Hbond substituents is 1. The van der Waals surface area contributed by atoms with Crippen molar-refractivity contribution in [1.82, 2.24) is 0 Å². The van der Waals surface area contributed by atoms with Crippen LogP contribution in [0.2, 0.25) is 0 Å². The van der Waals surface area contributed by atoms with Crippen LogP contribution in [-0.2, 0) is 19.5 Å². The van der Waals surface area contributed by atoms with Crippen LogP contribution in [0.4, 0.5) is 0 Å². The van der Waals surface area contributed by atoms with E-state index >= 15 is 0 Å². The summed E-state index contributed by atoms with van der Waals surface area (Å²) in [7, 11) is 0. The average Bonchev–Trinajstić information content (AvgIpc) is 2.17. The number of phenols is 1. The van der Waals surface area contributed by atoms with Crippen molar-refractivity contribution in [1.29, 1.82) is 0 Å². The van der Waals surface area contributed by atoms with Crippen molar-refractivity contribution in [3.05, 3.63) is 37.3 Å². The maximum absolute atomic E-state index is 9.43. The van der Waals surface area contributed by atoms with Gasteiger partial charge in [0.1, 0.15) is 5.75 Å². The molecule has 16 heavy (non-hydrogen) atoms. The van der Waals surface area contributed by atoms with Gasteiger partial charge < -0.3 is 17.6 Å². The predicted octanol–water partition coefficient (Wildman–Crippen LogP) is 2.03. The summed E-state index contributed by atoms with van der Waals surface area (Å²) in [5.41, 5.74) is 0.163. The zero-order chi connectivity index (χ0) is 10.6. The van der Waals surface area contributed by atoms with Crippen LogP contribution in [0.3, 0.4) is 0 Å². The van der Waals surface area contributed by atoms with Gasteiger partial charge in [0.15, 0.2) is 0 Å². The van der Waals surface area contributed by atoms with Crippen molar-refractivity contribution in [2.75, 3.05) is 6.61 Å². The number of aliphatic imine (C=N–C) groups is 1. The predicted molar refractivity (Wildman–Crippen MR) is 63.3 cm³/mol. The van der Waals surface area contributed by atoms with Gasteiger partial charge in [-0.2, -0.15) is 0 Å². The fourth-order valence-electron chi connectivity index (χ4n) is 0.882. The number of para-hydroxylation sites is 1. The summed E-state index contributed by atoms with van der Waals surface area (Å²) in [6.07, 6.45) is 1.57. The van der Waals surface area contributed by atoms with Crippen molar-refractivity contribution in [2.24, 2.45) is 4.99 Å². The second-order valence-electron chi connectivity index (χ2n) is 3.79. The monoisotopic (exact) mass is 272 g/mol. The Labute approximate surface area is 110 Å². The molecule has 0 spiro atoms. The van der Waals surface area contributed by atoms with Gasteiger partial charge in [-0.3, -0.25) is 4.99 Å². The molecule has 4 heteroatoms. The topological polar surface area (TPSA) is 52.8 Å². The Hall–Kier alpha value is -0.727. The molecule has 86 valence electrons. The van der Waals surface area contributed by atoms with E-state index in [2.05, 4.69) is 4.99 Å². The Bertz CT molecular complexity index is 338. The Kier molecular flexibility index (Phi) is 8.31. The number of aliphatic hydroxyl groups excluding tert-OH is 1. The second-order valence-corrected chi connectivity index (χ2v) is 3.79. The Balaban J connectivity index is 0. The molecule has 0 aliphatic heterocycles. The molecule has 0 saturated carbocycles. The molecule has 0 aromatic heterocycles. The normalized spacial score (nSPS) is 10.7. The first-order valence-electron chi connectivity index (χ1n) is 4.49. The number of benzene rings is 1. The van der Waals surface area contributed by atoms with Crippen molar-refractivity contribution in [3.63, 3.8) is 0 Å². The molecule has 0 atom stereocenters. The fourth-order valence-corrected chi connectivity index (χ4v) is 0.882. The third kappa shape index (κ3) is 5.38. The molecule has 0 heterocycles. The summed E-state index contributed by atoms with van der Waals surface area (Å²) in [6, 6.07) is 6.95. The maximum atomic E-state index is 9.43. The minimum atomic E-state index is -0.498. The molecule has 1 aromatic carbocycles. The molecule has 1 rings (SSSR count). The number of nitrogens with zero attached hydrogens (tertiary/aromatic N) is 1. The molecule has 0 unspecified atom stereocenters. The molecule has 0 bridgehead atoms. The quantitative estimate of drug-likeness (QED) is 0.503. The molecule has 0 radical (unpaired) electrons. The first-order valence-corrected chi connectivity index (χ1v) is 4.49. The minimum Gasteiger partial charge on any atom is -0.507 e. The van der Waals surface area contributed by atoms with Gasteiger partial charge in [0.05, 0.1) is 12.1 Å². The van der Waals surface area contributed by atoms with E-state index in [1.165, 1.54) is 0 Å². The van der Waals surface area contributed by atoms with Crippen molar-refractivity contribution < 1.29 is 29.7 Å². The first-order chi connectivity index (χ1) is 6.55. The van der Waals surface area contributed by atoms with Crippen LogP contribution in [0.15, 0.2) is 29.3 Å². The minimum absolute atomic E-state index is 0. The van der Waals surface area contributed by atoms with Crippen molar-refractivity contribution >= 4 is 6.21 Å². The summed E-state index contributed by atoms with van der Waals surface area (Å²) < 4.78 is 0. The van der Waals surface area contributed by atoms with Crippen molar-refractivity contribution in [2.45, 2.75) is 19.4 Å². The molecule has 0 amide bonds. The number of rotatable bonds is 3. The Morgan fingerprint density at radius 3 is 2.38 bits per heavy atom. The molecule has 0 aliphatic rings.